The summed E-state index contributed by atoms with van der Waals surface area (Å²) in [7, 11) is 0. The molecule has 21 heavy (non-hydrogen) atoms. The Hall–Kier alpha value is -1.34. The Morgan fingerprint density at radius 3 is 2.81 bits per heavy atom. The van der Waals surface area contributed by atoms with Crippen molar-refractivity contribution in [2.24, 2.45) is 5.92 Å². The van der Waals surface area contributed by atoms with Gasteiger partial charge in [-0.05, 0) is 64.3 Å². The highest BCUT2D eigenvalue weighted by molar-refractivity contribution is 5.23. The summed E-state index contributed by atoms with van der Waals surface area (Å²) in [4.78, 5) is 4.76. The number of nitrogens with one attached hydrogen (secondary N) is 1. The lowest BCUT2D eigenvalue weighted by molar-refractivity contribution is 0.311. The van der Waals surface area contributed by atoms with E-state index in [1.807, 2.05) is 0 Å². The van der Waals surface area contributed by atoms with Crippen LogP contribution in [-0.2, 0) is 19.4 Å². The lowest BCUT2D eigenvalue weighted by atomic mass is 9.93. The molecule has 2 aliphatic rings. The Labute approximate surface area is 127 Å². The Morgan fingerprint density at radius 2 is 2.14 bits per heavy atom. The molecule has 1 N–H and O–H groups in total. The van der Waals surface area contributed by atoms with Crippen molar-refractivity contribution in [3.63, 3.8) is 0 Å². The first-order valence-corrected chi connectivity index (χ1v) is 8.41. The van der Waals surface area contributed by atoms with Gasteiger partial charge in [0.2, 0.25) is 0 Å². The van der Waals surface area contributed by atoms with Crippen molar-refractivity contribution in [2.45, 2.75) is 70.9 Å². The minimum atomic E-state index is -0.396. The summed E-state index contributed by atoms with van der Waals surface area (Å²) in [5.74, 6) is 1.59. The van der Waals surface area contributed by atoms with Gasteiger partial charge in [0.15, 0.2) is 0 Å². The predicted molar refractivity (Wildman–Crippen MR) is 83.0 cm³/mol. The molecular weight excluding hydrogens is 260 g/mol. The molecule has 1 aromatic rings. The van der Waals surface area contributed by atoms with Crippen LogP contribution in [0.15, 0.2) is 0 Å². The van der Waals surface area contributed by atoms with Crippen LogP contribution in [0.25, 0.3) is 0 Å². The summed E-state index contributed by atoms with van der Waals surface area (Å²) in [5, 5.41) is 13.4. The molecule has 1 heterocycles. The number of aromatic nitrogens is 2. The molecule has 0 radical (unpaired) electrons. The lowest BCUT2D eigenvalue weighted by Gasteiger charge is -2.30. The molecular formula is C17H26N4. The predicted octanol–water partition coefficient (Wildman–Crippen LogP) is 2.74. The number of nitriles is 1. The number of aryl methyl sites for hydroxylation is 2. The monoisotopic (exact) mass is 286 g/mol. The third-order valence-electron chi connectivity index (χ3n) is 5.00. The van der Waals surface area contributed by atoms with Crippen molar-refractivity contribution in [3.8, 4) is 6.07 Å². The van der Waals surface area contributed by atoms with E-state index < -0.39 is 5.54 Å². The van der Waals surface area contributed by atoms with E-state index in [1.54, 1.807) is 0 Å². The van der Waals surface area contributed by atoms with Gasteiger partial charge in [0.25, 0.3) is 0 Å². The fraction of sp³-hybridized carbons (Fsp3) is 0.765. The van der Waals surface area contributed by atoms with E-state index in [0.29, 0.717) is 5.92 Å². The van der Waals surface area contributed by atoms with Gasteiger partial charge in [-0.1, -0.05) is 6.92 Å². The van der Waals surface area contributed by atoms with E-state index in [0.717, 1.165) is 38.2 Å². The van der Waals surface area contributed by atoms with Crippen molar-refractivity contribution in [1.29, 1.82) is 5.26 Å². The Kier molecular flexibility index (Phi) is 4.03. The summed E-state index contributed by atoms with van der Waals surface area (Å²) in [6.07, 6.45) is 8.16. The molecule has 1 unspecified atom stereocenters. The van der Waals surface area contributed by atoms with E-state index in [-0.39, 0.29) is 0 Å². The SMILES string of the molecule is CCCNC(C#N)(Cn1c(C)nc2c1CCCC2)C1CC1. The smallest absolute Gasteiger partial charge is 0.127 e. The summed E-state index contributed by atoms with van der Waals surface area (Å²) in [6.45, 7) is 5.93. The van der Waals surface area contributed by atoms with Crippen LogP contribution in [0, 0.1) is 24.2 Å². The fourth-order valence-electron chi connectivity index (χ4n) is 3.61. The topological polar surface area (TPSA) is 53.6 Å². The third kappa shape index (κ3) is 2.72. The minimum Gasteiger partial charge on any atom is -0.329 e. The molecule has 4 heteroatoms. The maximum Gasteiger partial charge on any atom is 0.127 e. The van der Waals surface area contributed by atoms with Crippen LogP contribution in [0.2, 0.25) is 0 Å². The molecule has 3 rings (SSSR count). The van der Waals surface area contributed by atoms with Crippen LogP contribution in [-0.4, -0.2) is 21.6 Å². The molecule has 0 amide bonds. The number of fused-ring (bicyclic) bond motifs is 1. The average molecular weight is 286 g/mol. The molecule has 1 atom stereocenters. The van der Waals surface area contributed by atoms with Crippen LogP contribution in [0.5, 0.6) is 0 Å². The highest BCUT2D eigenvalue weighted by atomic mass is 15.1. The number of nitrogens with zero attached hydrogens (tertiary/aromatic N) is 3. The quantitative estimate of drug-likeness (QED) is 0.875. The maximum absolute atomic E-state index is 9.86. The van der Waals surface area contributed by atoms with Gasteiger partial charge in [-0.3, -0.25) is 5.32 Å². The van der Waals surface area contributed by atoms with Gasteiger partial charge in [0, 0.05) is 5.69 Å². The molecule has 0 saturated heterocycles. The second kappa shape index (κ2) is 5.81. The van der Waals surface area contributed by atoms with Crippen LogP contribution in [0.3, 0.4) is 0 Å². The maximum atomic E-state index is 9.86. The first-order chi connectivity index (χ1) is 10.2. The molecule has 0 spiro atoms. The van der Waals surface area contributed by atoms with Crippen LogP contribution in [0.1, 0.15) is 56.2 Å². The summed E-state index contributed by atoms with van der Waals surface area (Å²) in [6, 6.07) is 2.62. The minimum absolute atomic E-state index is 0.396. The zero-order valence-corrected chi connectivity index (χ0v) is 13.3. The number of hydrogen-bond donors (Lipinski definition) is 1. The second-order valence-corrected chi connectivity index (χ2v) is 6.63. The Morgan fingerprint density at radius 1 is 1.38 bits per heavy atom. The molecule has 114 valence electrons. The van der Waals surface area contributed by atoms with Gasteiger partial charge < -0.3 is 4.57 Å². The molecule has 1 saturated carbocycles. The van der Waals surface area contributed by atoms with Crippen molar-refractivity contribution in [3.05, 3.63) is 17.2 Å². The van der Waals surface area contributed by atoms with Crippen molar-refractivity contribution < 1.29 is 0 Å². The largest absolute Gasteiger partial charge is 0.329 e. The lowest BCUT2D eigenvalue weighted by Crippen LogP contribution is -2.50. The Balaban J connectivity index is 1.89. The number of rotatable bonds is 6. The molecule has 1 aromatic heterocycles. The molecule has 1 fully saturated rings. The Bertz CT molecular complexity index is 550. The second-order valence-electron chi connectivity index (χ2n) is 6.63. The van der Waals surface area contributed by atoms with Crippen molar-refractivity contribution in [1.82, 2.24) is 14.9 Å². The van der Waals surface area contributed by atoms with E-state index in [2.05, 4.69) is 29.8 Å². The van der Waals surface area contributed by atoms with Gasteiger partial charge in [-0.15, -0.1) is 0 Å². The van der Waals surface area contributed by atoms with E-state index in [4.69, 9.17) is 4.98 Å². The van der Waals surface area contributed by atoms with E-state index in [1.165, 1.54) is 37.1 Å². The normalized spacial score (nSPS) is 20.6. The third-order valence-corrected chi connectivity index (χ3v) is 5.00. The van der Waals surface area contributed by atoms with Gasteiger partial charge in [-0.2, -0.15) is 5.26 Å². The average Bonchev–Trinajstić information content (AvgIpc) is 3.30. The summed E-state index contributed by atoms with van der Waals surface area (Å²) < 4.78 is 2.33. The molecule has 0 aliphatic heterocycles. The highest BCUT2D eigenvalue weighted by Crippen LogP contribution is 2.41. The fourth-order valence-corrected chi connectivity index (χ4v) is 3.61. The molecule has 2 aliphatic carbocycles. The highest BCUT2D eigenvalue weighted by Gasteiger charge is 2.46. The van der Waals surface area contributed by atoms with E-state index in [9.17, 15) is 5.26 Å². The van der Waals surface area contributed by atoms with Gasteiger partial charge in [0.05, 0.1) is 18.3 Å². The molecule has 4 nitrogen and oxygen atoms in total. The van der Waals surface area contributed by atoms with Crippen molar-refractivity contribution >= 4 is 0 Å². The number of hydrogen-bond acceptors (Lipinski definition) is 3. The summed E-state index contributed by atoms with van der Waals surface area (Å²) in [5.41, 5.74) is 2.27. The van der Waals surface area contributed by atoms with E-state index >= 15 is 0 Å². The van der Waals surface area contributed by atoms with Crippen molar-refractivity contribution in [2.75, 3.05) is 6.54 Å². The van der Waals surface area contributed by atoms with Gasteiger partial charge in [-0.25, -0.2) is 4.98 Å². The van der Waals surface area contributed by atoms with Gasteiger partial charge >= 0.3 is 0 Å². The zero-order chi connectivity index (χ0) is 14.9. The zero-order valence-electron chi connectivity index (χ0n) is 13.3. The standard InChI is InChI=1S/C17H26N4/c1-3-10-19-17(11-18,14-8-9-14)12-21-13(2)20-15-6-4-5-7-16(15)21/h14,19H,3-10,12H2,1-2H3. The summed E-state index contributed by atoms with van der Waals surface area (Å²) >= 11 is 0. The first kappa shape index (κ1) is 14.6. The molecule has 0 bridgehead atoms. The van der Waals surface area contributed by atoms with Crippen LogP contribution in [0.4, 0.5) is 0 Å². The first-order valence-electron chi connectivity index (χ1n) is 8.41. The van der Waals surface area contributed by atoms with Gasteiger partial charge in [0.1, 0.15) is 11.4 Å². The van der Waals surface area contributed by atoms with Crippen LogP contribution < -0.4 is 5.32 Å². The van der Waals surface area contributed by atoms with Crippen LogP contribution >= 0.6 is 0 Å². The molecule has 0 aromatic carbocycles. The number of imidazole rings is 1.